The minimum Gasteiger partial charge on any atom is -0.478 e. The van der Waals surface area contributed by atoms with Crippen LogP contribution < -0.4 is 10.6 Å². The zero-order chi connectivity index (χ0) is 39.7. The fourth-order valence-corrected chi connectivity index (χ4v) is 14.0. The van der Waals surface area contributed by atoms with E-state index in [1.54, 1.807) is 12.1 Å². The number of aliphatic hydroxyl groups excluding tert-OH is 1. The maximum atomic E-state index is 14.7. The van der Waals surface area contributed by atoms with Gasteiger partial charge in [-0.3, -0.25) is 9.59 Å². The number of carbonyl (C=O) groups is 3. The second-order valence-electron chi connectivity index (χ2n) is 19.7. The molecule has 7 rings (SSSR count). The summed E-state index contributed by atoms with van der Waals surface area (Å²) in [4.78, 5) is 38.9. The van der Waals surface area contributed by atoms with Gasteiger partial charge in [-0.25, -0.2) is 9.18 Å². The number of amides is 2. The summed E-state index contributed by atoms with van der Waals surface area (Å²) in [5, 5.41) is 26.4. The van der Waals surface area contributed by atoms with Crippen molar-refractivity contribution in [2.24, 2.45) is 56.7 Å². The summed E-state index contributed by atoms with van der Waals surface area (Å²) in [7, 11) is 0. The first-order chi connectivity index (χ1) is 25.9. The predicted molar refractivity (Wildman–Crippen MR) is 213 cm³/mol. The topological polar surface area (TPSA) is 116 Å². The van der Waals surface area contributed by atoms with E-state index in [2.05, 4.69) is 58.8 Å². The number of carbonyl (C=O) groups excluding carboxylic acids is 2. The van der Waals surface area contributed by atoms with Crippen LogP contribution in [0.25, 0.3) is 0 Å². The molecule has 5 aliphatic rings. The number of nitrogens with one attached hydrogen (secondary N) is 2. The zero-order valence-electron chi connectivity index (χ0n) is 33.9. The van der Waals surface area contributed by atoms with Gasteiger partial charge in [-0.1, -0.05) is 65.0 Å². The molecule has 4 N–H and O–H groups in total. The summed E-state index contributed by atoms with van der Waals surface area (Å²) >= 11 is 0. The first-order valence-electron chi connectivity index (χ1n) is 20.9. The van der Waals surface area contributed by atoms with Gasteiger partial charge in [0, 0.05) is 18.7 Å². The number of fused-ring (bicyclic) bond motifs is 7. The summed E-state index contributed by atoms with van der Waals surface area (Å²) in [6.07, 6.45) is 10.6. The van der Waals surface area contributed by atoms with Crippen LogP contribution in [0.2, 0.25) is 0 Å². The summed E-state index contributed by atoms with van der Waals surface area (Å²) < 4.78 is 14.1. The Morgan fingerprint density at radius 1 is 0.836 bits per heavy atom. The molecule has 298 valence electrons. The standard InChI is InChI=1S/C47H63FN2O5/c1-28(2)32-15-21-47(42(55)50-27-30-9-8-10-31(25-30)40(52)49-24-18-29-11-12-33(41(53)54)35(48)26-29)23-22-45(6)34(39(32)47)13-14-37-44(5)19-17-38(51)43(3,4)36(44)16-20-46(37,45)7/h8-12,25-26,32,34,36-39,51H,1,13-24,27H2,2-7H3,(H,49,52)(H,50,55)(H,53,54)/t32-,34?,36?,37?,38-,39?,44-,45+,46+,47-/m0/s1. The number of aliphatic hydroxyl groups is 1. The smallest absolute Gasteiger partial charge is 0.338 e. The molecule has 0 radical (unpaired) electrons. The predicted octanol–water partition coefficient (Wildman–Crippen LogP) is 9.13. The Kier molecular flexibility index (Phi) is 10.2. The Hall–Kier alpha value is -3.52. The van der Waals surface area contributed by atoms with E-state index in [0.29, 0.717) is 47.8 Å². The van der Waals surface area contributed by atoms with Crippen molar-refractivity contribution in [3.05, 3.63) is 82.7 Å². The van der Waals surface area contributed by atoms with Gasteiger partial charge in [0.15, 0.2) is 0 Å². The number of allylic oxidation sites excluding steroid dienone is 1. The van der Waals surface area contributed by atoms with Gasteiger partial charge in [-0.05, 0) is 164 Å². The fraction of sp³-hybridized carbons (Fsp3) is 0.638. The van der Waals surface area contributed by atoms with E-state index in [4.69, 9.17) is 5.11 Å². The third-order valence-electron chi connectivity index (χ3n) is 17.1. The Bertz CT molecular complexity index is 1870. The first-order valence-corrected chi connectivity index (χ1v) is 20.9. The highest BCUT2D eigenvalue weighted by atomic mass is 19.1. The van der Waals surface area contributed by atoms with Crippen LogP contribution in [0.4, 0.5) is 4.39 Å². The lowest BCUT2D eigenvalue weighted by Crippen LogP contribution is -2.67. The highest BCUT2D eigenvalue weighted by Gasteiger charge is 2.71. The number of hydrogen-bond acceptors (Lipinski definition) is 4. The average molecular weight is 755 g/mol. The van der Waals surface area contributed by atoms with Crippen LogP contribution in [-0.2, 0) is 17.8 Å². The summed E-state index contributed by atoms with van der Waals surface area (Å²) in [5.74, 6) is -0.0848. The monoisotopic (exact) mass is 754 g/mol. The normalized spacial score (nSPS) is 37.4. The van der Waals surface area contributed by atoms with Crippen molar-refractivity contribution in [1.29, 1.82) is 0 Å². The Balaban J connectivity index is 1.05. The van der Waals surface area contributed by atoms with Crippen LogP contribution in [0.5, 0.6) is 0 Å². The van der Waals surface area contributed by atoms with Gasteiger partial charge in [0.25, 0.3) is 5.91 Å². The number of carboxylic acid groups (broad SMARTS) is 1. The first kappa shape index (κ1) is 39.7. The molecular formula is C47H63FN2O5. The van der Waals surface area contributed by atoms with Crippen molar-refractivity contribution in [3.63, 3.8) is 0 Å². The number of carboxylic acids is 1. The van der Waals surface area contributed by atoms with Gasteiger partial charge in [-0.2, -0.15) is 0 Å². The van der Waals surface area contributed by atoms with Gasteiger partial charge < -0.3 is 20.8 Å². The van der Waals surface area contributed by atoms with Crippen LogP contribution in [0.1, 0.15) is 138 Å². The summed E-state index contributed by atoms with van der Waals surface area (Å²) in [6.45, 7) is 19.7. The zero-order valence-corrected chi connectivity index (χ0v) is 33.9. The van der Waals surface area contributed by atoms with Crippen molar-refractivity contribution in [2.45, 2.75) is 125 Å². The minimum absolute atomic E-state index is 0.0765. The largest absolute Gasteiger partial charge is 0.478 e. The molecule has 5 fully saturated rings. The molecule has 4 unspecified atom stereocenters. The molecule has 2 aromatic carbocycles. The van der Waals surface area contributed by atoms with E-state index in [1.807, 2.05) is 18.2 Å². The second kappa shape index (κ2) is 14.1. The molecule has 0 aromatic heterocycles. The maximum Gasteiger partial charge on any atom is 0.338 e. The van der Waals surface area contributed by atoms with Gasteiger partial charge in [0.2, 0.25) is 5.91 Å². The molecule has 0 aliphatic heterocycles. The maximum absolute atomic E-state index is 14.7. The third-order valence-corrected chi connectivity index (χ3v) is 17.1. The lowest BCUT2D eigenvalue weighted by molar-refractivity contribution is -0.246. The lowest BCUT2D eigenvalue weighted by Gasteiger charge is -2.72. The third kappa shape index (κ3) is 6.28. The summed E-state index contributed by atoms with van der Waals surface area (Å²) in [5.41, 5.74) is 2.75. The van der Waals surface area contributed by atoms with E-state index in [1.165, 1.54) is 30.5 Å². The number of halogens is 1. The molecule has 2 amide bonds. The van der Waals surface area contributed by atoms with E-state index >= 15 is 0 Å². The van der Waals surface area contributed by atoms with Crippen LogP contribution in [0, 0.1) is 62.5 Å². The molecular weight excluding hydrogens is 692 g/mol. The fourth-order valence-electron chi connectivity index (χ4n) is 14.0. The molecule has 0 spiro atoms. The highest BCUT2D eigenvalue weighted by Crippen LogP contribution is 2.77. The molecule has 2 aromatic rings. The van der Waals surface area contributed by atoms with Gasteiger partial charge in [0.1, 0.15) is 5.82 Å². The van der Waals surface area contributed by atoms with Crippen molar-refractivity contribution >= 4 is 17.8 Å². The van der Waals surface area contributed by atoms with E-state index < -0.39 is 17.2 Å². The SMILES string of the molecule is C=C(C)[C@@H]1CC[C@]2(C(=O)NCc3cccc(C(=O)NCCc4ccc(C(=O)O)c(F)c4)c3)CC[C@]3(C)C(CCC4[C@@]5(C)CC[C@H](O)C(C)(C)C5CC[C@]43C)C12. The molecule has 55 heavy (non-hydrogen) atoms. The number of aromatic carboxylic acids is 1. The molecule has 7 nitrogen and oxygen atoms in total. The van der Waals surface area contributed by atoms with Crippen molar-refractivity contribution in [2.75, 3.05) is 6.54 Å². The molecule has 8 heteroatoms. The minimum atomic E-state index is -1.32. The van der Waals surface area contributed by atoms with Crippen molar-refractivity contribution < 1.29 is 29.0 Å². The molecule has 5 saturated carbocycles. The van der Waals surface area contributed by atoms with Crippen LogP contribution in [-0.4, -0.2) is 40.6 Å². The molecule has 10 atom stereocenters. The molecule has 5 aliphatic carbocycles. The van der Waals surface area contributed by atoms with Crippen molar-refractivity contribution in [3.8, 4) is 0 Å². The Labute approximate surface area is 327 Å². The molecule has 0 bridgehead atoms. The van der Waals surface area contributed by atoms with Gasteiger partial charge in [-0.15, -0.1) is 0 Å². The van der Waals surface area contributed by atoms with Crippen LogP contribution >= 0.6 is 0 Å². The van der Waals surface area contributed by atoms with Gasteiger partial charge >= 0.3 is 5.97 Å². The number of hydrogen-bond donors (Lipinski definition) is 4. The average Bonchev–Trinajstić information content (AvgIpc) is 3.54. The number of rotatable bonds is 9. The Morgan fingerprint density at radius 2 is 1.60 bits per heavy atom. The summed E-state index contributed by atoms with van der Waals surface area (Å²) in [6, 6.07) is 11.3. The van der Waals surface area contributed by atoms with E-state index in [9.17, 15) is 23.9 Å². The van der Waals surface area contributed by atoms with E-state index in [0.717, 1.165) is 56.9 Å². The lowest BCUT2D eigenvalue weighted by atomic mass is 9.32. The van der Waals surface area contributed by atoms with Crippen molar-refractivity contribution in [1.82, 2.24) is 10.6 Å². The Morgan fingerprint density at radius 3 is 2.31 bits per heavy atom. The molecule has 0 saturated heterocycles. The molecule has 0 heterocycles. The van der Waals surface area contributed by atoms with Gasteiger partial charge in [0.05, 0.1) is 17.1 Å². The van der Waals surface area contributed by atoms with Crippen LogP contribution in [0.3, 0.4) is 0 Å². The quantitative estimate of drug-likeness (QED) is 0.191. The van der Waals surface area contributed by atoms with E-state index in [-0.39, 0.29) is 57.6 Å². The van der Waals surface area contributed by atoms with Crippen LogP contribution in [0.15, 0.2) is 54.6 Å². The number of benzene rings is 2. The highest BCUT2D eigenvalue weighted by molar-refractivity contribution is 5.94. The second-order valence-corrected chi connectivity index (χ2v) is 19.7.